The number of amides is 4. The van der Waals surface area contributed by atoms with Gasteiger partial charge in [-0.1, -0.05) is 23.8 Å². The molecule has 186 valence electrons. The summed E-state index contributed by atoms with van der Waals surface area (Å²) < 4.78 is 5.46. The molecule has 1 aromatic rings. The predicted molar refractivity (Wildman–Crippen MR) is 127 cm³/mol. The minimum absolute atomic E-state index is 0.00919. The Bertz CT molecular complexity index is 1150. The van der Waals surface area contributed by atoms with Crippen molar-refractivity contribution in [2.45, 2.75) is 35.4 Å². The van der Waals surface area contributed by atoms with E-state index in [0.29, 0.717) is 17.7 Å². The number of aliphatic hydroxyl groups excluding tert-OH is 1. The molecule has 0 bridgehead atoms. The highest BCUT2D eigenvalue weighted by atomic mass is 35.5. The number of allylic oxidation sites excluding steroid dienone is 2. The van der Waals surface area contributed by atoms with E-state index < -0.39 is 45.2 Å². The third kappa shape index (κ3) is 3.09. The minimum atomic E-state index is -1.79. The van der Waals surface area contributed by atoms with Gasteiger partial charge in [0.15, 0.2) is 9.75 Å². The van der Waals surface area contributed by atoms with E-state index >= 15 is 0 Å². The molecule has 10 heteroatoms. The number of carbonyl (C=O) groups excluding carboxylic acids is 4. The number of carbonyl (C=O) groups is 4. The van der Waals surface area contributed by atoms with Gasteiger partial charge in [0.05, 0.1) is 18.4 Å². The Morgan fingerprint density at radius 2 is 1.74 bits per heavy atom. The van der Waals surface area contributed by atoms with E-state index in [-0.39, 0.29) is 38.0 Å². The van der Waals surface area contributed by atoms with Gasteiger partial charge in [0.1, 0.15) is 12.4 Å². The van der Waals surface area contributed by atoms with Crippen LogP contribution in [0.15, 0.2) is 35.9 Å². The number of hydrogen-bond acceptors (Lipinski definition) is 6. The fourth-order valence-corrected chi connectivity index (χ4v) is 7.43. The average Bonchev–Trinajstić information content (AvgIpc) is 3.17. The van der Waals surface area contributed by atoms with Crippen molar-refractivity contribution in [1.82, 2.24) is 9.80 Å². The van der Waals surface area contributed by atoms with Crippen molar-refractivity contribution < 1.29 is 29.0 Å². The zero-order valence-electron chi connectivity index (χ0n) is 19.4. The van der Waals surface area contributed by atoms with Crippen LogP contribution in [0.5, 0.6) is 5.75 Å². The van der Waals surface area contributed by atoms with Crippen LogP contribution >= 0.6 is 23.2 Å². The maximum Gasteiger partial charge on any atom is 0.253 e. The van der Waals surface area contributed by atoms with Gasteiger partial charge in [0.25, 0.3) is 11.8 Å². The summed E-state index contributed by atoms with van der Waals surface area (Å²) in [5.41, 5.74) is 1.41. The third-order valence-corrected chi connectivity index (χ3v) is 9.41. The van der Waals surface area contributed by atoms with Gasteiger partial charge < -0.3 is 9.84 Å². The van der Waals surface area contributed by atoms with E-state index in [0.717, 1.165) is 10.5 Å². The summed E-state index contributed by atoms with van der Waals surface area (Å²) in [6, 6.07) is 6.91. The quantitative estimate of drug-likeness (QED) is 0.362. The summed E-state index contributed by atoms with van der Waals surface area (Å²) >= 11 is 14.2. The van der Waals surface area contributed by atoms with Crippen LogP contribution in [0, 0.1) is 17.8 Å². The molecular weight excluding hydrogens is 495 g/mol. The molecule has 1 N–H and O–H groups in total. The monoisotopic (exact) mass is 520 g/mol. The van der Waals surface area contributed by atoms with Crippen molar-refractivity contribution in [3.05, 3.63) is 41.5 Å². The molecular formula is C25H26Cl2N2O6. The van der Waals surface area contributed by atoms with E-state index in [1.165, 1.54) is 11.9 Å². The van der Waals surface area contributed by atoms with Gasteiger partial charge in [-0.3, -0.25) is 29.0 Å². The Morgan fingerprint density at radius 1 is 1.06 bits per heavy atom. The van der Waals surface area contributed by atoms with Crippen molar-refractivity contribution in [2.75, 3.05) is 26.8 Å². The lowest BCUT2D eigenvalue weighted by Crippen LogP contribution is -2.60. The van der Waals surface area contributed by atoms with Crippen molar-refractivity contribution in [1.29, 1.82) is 0 Å². The molecule has 0 radical (unpaired) electrons. The van der Waals surface area contributed by atoms with Crippen LogP contribution < -0.4 is 4.74 Å². The molecule has 2 saturated heterocycles. The second kappa shape index (κ2) is 8.32. The first-order valence-corrected chi connectivity index (χ1v) is 12.5. The van der Waals surface area contributed by atoms with Crippen molar-refractivity contribution in [3.8, 4) is 5.75 Å². The van der Waals surface area contributed by atoms with Crippen LogP contribution in [-0.2, 0) is 19.2 Å². The van der Waals surface area contributed by atoms with Gasteiger partial charge >= 0.3 is 0 Å². The molecule has 1 saturated carbocycles. The van der Waals surface area contributed by atoms with Gasteiger partial charge in [-0.2, -0.15) is 0 Å². The van der Waals surface area contributed by atoms with Gasteiger partial charge in [-0.05, 0) is 43.4 Å². The lowest BCUT2D eigenvalue weighted by atomic mass is 9.56. The van der Waals surface area contributed by atoms with Crippen LogP contribution in [0.4, 0.5) is 0 Å². The second-order valence-corrected chi connectivity index (χ2v) is 10.8. The Labute approximate surface area is 212 Å². The average molecular weight is 521 g/mol. The summed E-state index contributed by atoms with van der Waals surface area (Å²) in [5.74, 6) is -3.60. The lowest BCUT2D eigenvalue weighted by Gasteiger charge is -2.50. The maximum absolute atomic E-state index is 13.5. The number of nitrogens with zero attached hydrogens (tertiary/aromatic N) is 2. The van der Waals surface area contributed by atoms with Crippen LogP contribution in [0.2, 0.25) is 0 Å². The molecule has 6 atom stereocenters. The molecule has 4 aliphatic rings. The number of fused-ring (bicyclic) bond motifs is 4. The number of rotatable bonds is 5. The molecule has 1 aromatic carbocycles. The number of alkyl halides is 2. The maximum atomic E-state index is 13.5. The fraction of sp³-hybridized carbons (Fsp3) is 0.520. The predicted octanol–water partition coefficient (Wildman–Crippen LogP) is 2.07. The summed E-state index contributed by atoms with van der Waals surface area (Å²) in [4.78, 5) is 51.7. The summed E-state index contributed by atoms with van der Waals surface area (Å²) in [6.45, 7) is 2.03. The fourth-order valence-electron chi connectivity index (χ4n) is 6.41. The van der Waals surface area contributed by atoms with E-state index in [9.17, 15) is 19.2 Å². The Hall–Kier alpha value is -2.42. The number of ether oxygens (including phenoxy) is 1. The lowest BCUT2D eigenvalue weighted by molar-refractivity contribution is -0.141. The molecule has 2 aliphatic heterocycles. The Balaban J connectivity index is 1.66. The smallest absolute Gasteiger partial charge is 0.253 e. The Morgan fingerprint density at radius 3 is 2.37 bits per heavy atom. The van der Waals surface area contributed by atoms with Crippen molar-refractivity contribution in [2.24, 2.45) is 17.8 Å². The molecule has 0 aromatic heterocycles. The zero-order valence-corrected chi connectivity index (χ0v) is 20.9. The van der Waals surface area contributed by atoms with E-state index in [1.54, 1.807) is 31.2 Å². The molecule has 2 heterocycles. The third-order valence-electron chi connectivity index (χ3n) is 8.00. The van der Waals surface area contributed by atoms with Crippen molar-refractivity contribution in [3.63, 3.8) is 0 Å². The number of benzene rings is 1. The summed E-state index contributed by atoms with van der Waals surface area (Å²) in [7, 11) is 1.37. The summed E-state index contributed by atoms with van der Waals surface area (Å²) in [6.07, 6.45) is 2.25. The van der Waals surface area contributed by atoms with E-state index in [1.807, 2.05) is 6.08 Å². The van der Waals surface area contributed by atoms with E-state index in [2.05, 4.69) is 0 Å². The first-order chi connectivity index (χ1) is 16.6. The molecule has 35 heavy (non-hydrogen) atoms. The SMILES string of the molecule is CCN1C(=O)[C@H]2[C@H](CC=C3[C@H]2C[C@@]2(Cl)C(=O)N(C)C(=O)[C@@]2(Cl)[C@H]3c2ccc(OCCO)cc2)C1=O. The minimum Gasteiger partial charge on any atom is -0.491 e. The first kappa shape index (κ1) is 24.3. The standard InChI is InChI=1S/C25H26Cl2N2O6/c1-3-29-20(31)16-9-8-15-17(18(16)21(29)32)12-24(26)22(33)28(2)23(34)25(24,27)19(15)13-4-6-14(7-5-13)35-11-10-30/h4-8,16-19,30H,3,9-12H2,1-2H3/t16-,17+,18-,19-,24+,25-/m0/s1. The van der Waals surface area contributed by atoms with Gasteiger partial charge in [0, 0.05) is 19.5 Å². The van der Waals surface area contributed by atoms with E-state index in [4.69, 9.17) is 33.0 Å². The van der Waals surface area contributed by atoms with Gasteiger partial charge in [0.2, 0.25) is 11.8 Å². The number of likely N-dealkylation sites (tertiary alicyclic amines) is 2. The van der Waals surface area contributed by atoms with Crippen LogP contribution in [0.1, 0.15) is 31.2 Å². The van der Waals surface area contributed by atoms with Crippen LogP contribution in [0.3, 0.4) is 0 Å². The molecule has 4 amide bonds. The molecule has 0 spiro atoms. The molecule has 0 unspecified atom stereocenters. The number of halogens is 2. The normalized spacial score (nSPS) is 36.2. The number of imide groups is 2. The summed E-state index contributed by atoms with van der Waals surface area (Å²) in [5, 5.41) is 9.02. The Kier molecular flexibility index (Phi) is 5.77. The van der Waals surface area contributed by atoms with Crippen LogP contribution in [0.25, 0.3) is 0 Å². The molecule has 8 nitrogen and oxygen atoms in total. The number of aliphatic hydroxyl groups is 1. The largest absolute Gasteiger partial charge is 0.491 e. The molecule has 3 fully saturated rings. The first-order valence-electron chi connectivity index (χ1n) is 11.7. The molecule has 2 aliphatic carbocycles. The zero-order chi connectivity index (χ0) is 25.3. The number of hydrogen-bond donors (Lipinski definition) is 1. The van der Waals surface area contributed by atoms with Crippen molar-refractivity contribution >= 4 is 46.8 Å². The van der Waals surface area contributed by atoms with Gasteiger partial charge in [-0.15, -0.1) is 23.2 Å². The topological polar surface area (TPSA) is 104 Å². The highest BCUT2D eigenvalue weighted by Gasteiger charge is 2.75. The van der Waals surface area contributed by atoms with Gasteiger partial charge in [-0.25, -0.2) is 0 Å². The highest BCUT2D eigenvalue weighted by Crippen LogP contribution is 2.65. The molecule has 5 rings (SSSR count). The highest BCUT2D eigenvalue weighted by molar-refractivity contribution is 6.53. The van der Waals surface area contributed by atoms with Crippen LogP contribution in [-0.4, -0.2) is 75.1 Å². The second-order valence-electron chi connectivity index (χ2n) is 9.56.